The van der Waals surface area contributed by atoms with Gasteiger partial charge in [-0.2, -0.15) is 5.10 Å². The molecule has 0 saturated heterocycles. The minimum Gasteiger partial charge on any atom is -0.481 e. The largest absolute Gasteiger partial charge is 0.481 e. The molecule has 1 saturated carbocycles. The molecule has 0 bridgehead atoms. The van der Waals surface area contributed by atoms with Crippen LogP contribution >= 0.6 is 11.6 Å². The van der Waals surface area contributed by atoms with Crippen LogP contribution in [0.4, 0.5) is 0 Å². The van der Waals surface area contributed by atoms with Crippen molar-refractivity contribution in [1.29, 1.82) is 0 Å². The Morgan fingerprint density at radius 3 is 2.74 bits per heavy atom. The van der Waals surface area contributed by atoms with Crippen molar-refractivity contribution in [3.05, 3.63) is 11.2 Å². The number of nitrogens with one attached hydrogen (secondary N) is 1. The molecule has 1 atom stereocenters. The van der Waals surface area contributed by atoms with Gasteiger partial charge in [-0.1, -0.05) is 11.6 Å². The summed E-state index contributed by atoms with van der Waals surface area (Å²) in [5.41, 5.74) is 0. The Morgan fingerprint density at radius 1 is 1.68 bits per heavy atom. The third-order valence-corrected chi connectivity index (χ3v) is 4.98. The van der Waals surface area contributed by atoms with Crippen LogP contribution in [0.1, 0.15) is 19.3 Å². The van der Waals surface area contributed by atoms with Crippen molar-refractivity contribution in [3.63, 3.8) is 0 Å². The predicted molar refractivity (Wildman–Crippen MR) is 67.3 cm³/mol. The zero-order chi connectivity index (χ0) is 14.2. The molecule has 0 spiro atoms. The average molecular weight is 308 g/mol. The van der Waals surface area contributed by atoms with Crippen LogP contribution in [0, 0.1) is 5.92 Å². The van der Waals surface area contributed by atoms with Gasteiger partial charge in [-0.05, 0) is 18.8 Å². The minimum atomic E-state index is -3.87. The fourth-order valence-electron chi connectivity index (χ4n) is 1.95. The lowest BCUT2D eigenvalue weighted by atomic mass is 10.1. The Balaban J connectivity index is 2.22. The predicted octanol–water partition coefficient (Wildman–Crippen LogP) is 0.605. The van der Waals surface area contributed by atoms with Gasteiger partial charge in [0, 0.05) is 13.1 Å². The van der Waals surface area contributed by atoms with Crippen molar-refractivity contribution in [2.24, 2.45) is 13.0 Å². The quantitative estimate of drug-likeness (QED) is 0.801. The number of carbonyl (C=O) groups is 1. The van der Waals surface area contributed by atoms with Gasteiger partial charge in [0.05, 0.1) is 17.6 Å². The number of nitrogens with zero attached hydrogens (tertiary/aromatic N) is 2. The zero-order valence-corrected chi connectivity index (χ0v) is 11.8. The lowest BCUT2D eigenvalue weighted by molar-refractivity contribution is -0.137. The Kier molecular flexibility index (Phi) is 3.84. The molecule has 0 amide bonds. The number of aliphatic carboxylic acids is 1. The van der Waals surface area contributed by atoms with Gasteiger partial charge in [-0.3, -0.25) is 9.48 Å². The minimum absolute atomic E-state index is 0.0138. The number of halogens is 1. The maximum absolute atomic E-state index is 12.2. The zero-order valence-electron chi connectivity index (χ0n) is 10.2. The Bertz CT molecular complexity index is 574. The third-order valence-electron chi connectivity index (χ3n) is 2.99. The molecule has 0 aromatic carbocycles. The van der Waals surface area contributed by atoms with Crippen molar-refractivity contribution in [1.82, 2.24) is 14.5 Å². The molecule has 19 heavy (non-hydrogen) atoms. The first-order valence-electron chi connectivity index (χ1n) is 5.73. The number of aryl methyl sites for hydroxylation is 1. The first-order valence-corrected chi connectivity index (χ1v) is 7.59. The highest BCUT2D eigenvalue weighted by Crippen LogP contribution is 2.35. The van der Waals surface area contributed by atoms with Crippen LogP contribution in [0.3, 0.4) is 0 Å². The fraction of sp³-hybridized carbons (Fsp3) is 0.600. The second kappa shape index (κ2) is 5.10. The summed E-state index contributed by atoms with van der Waals surface area (Å²) in [4.78, 5) is 10.8. The maximum atomic E-state index is 12.2. The number of carboxylic acid groups (broad SMARTS) is 1. The summed E-state index contributed by atoms with van der Waals surface area (Å²) >= 11 is 5.80. The van der Waals surface area contributed by atoms with E-state index in [1.807, 2.05) is 0 Å². The van der Waals surface area contributed by atoms with Gasteiger partial charge >= 0.3 is 5.97 Å². The van der Waals surface area contributed by atoms with E-state index >= 15 is 0 Å². The van der Waals surface area contributed by atoms with E-state index in [0.717, 1.165) is 17.5 Å². The molecule has 1 aliphatic carbocycles. The van der Waals surface area contributed by atoms with Crippen molar-refractivity contribution in [3.8, 4) is 0 Å². The van der Waals surface area contributed by atoms with E-state index in [4.69, 9.17) is 16.7 Å². The van der Waals surface area contributed by atoms with Crippen LogP contribution < -0.4 is 4.72 Å². The number of aromatic nitrogens is 2. The first-order chi connectivity index (χ1) is 8.81. The van der Waals surface area contributed by atoms with Gasteiger partial charge in [-0.25, -0.2) is 13.1 Å². The fourth-order valence-corrected chi connectivity index (χ4v) is 3.91. The molecule has 1 aliphatic rings. The lowest BCUT2D eigenvalue weighted by Gasteiger charge is -2.16. The van der Waals surface area contributed by atoms with Crippen LogP contribution in [0.25, 0.3) is 0 Å². The SMILES string of the molecule is Cn1ncc(Cl)c1S(=O)(=O)NC(CC(=O)O)C1CC1. The van der Waals surface area contributed by atoms with Gasteiger partial charge in [0.2, 0.25) is 0 Å². The number of hydrogen-bond donors (Lipinski definition) is 2. The highest BCUT2D eigenvalue weighted by molar-refractivity contribution is 7.89. The summed E-state index contributed by atoms with van der Waals surface area (Å²) in [7, 11) is -2.41. The highest BCUT2D eigenvalue weighted by atomic mass is 35.5. The first kappa shape index (κ1) is 14.3. The van der Waals surface area contributed by atoms with Crippen molar-refractivity contribution in [2.45, 2.75) is 30.3 Å². The molecule has 1 fully saturated rings. The molecule has 1 unspecified atom stereocenters. The summed E-state index contributed by atoms with van der Waals surface area (Å²) in [5, 5.41) is 12.4. The summed E-state index contributed by atoms with van der Waals surface area (Å²) in [5.74, 6) is -0.950. The maximum Gasteiger partial charge on any atom is 0.304 e. The van der Waals surface area contributed by atoms with Crippen molar-refractivity contribution >= 4 is 27.6 Å². The van der Waals surface area contributed by atoms with E-state index in [-0.39, 0.29) is 22.4 Å². The lowest BCUT2D eigenvalue weighted by Crippen LogP contribution is -2.38. The summed E-state index contributed by atoms with van der Waals surface area (Å²) < 4.78 is 28.0. The molecular weight excluding hydrogens is 294 g/mol. The smallest absolute Gasteiger partial charge is 0.304 e. The Morgan fingerprint density at radius 2 is 2.32 bits per heavy atom. The number of rotatable bonds is 6. The number of hydrogen-bond acceptors (Lipinski definition) is 4. The van der Waals surface area contributed by atoms with E-state index in [1.54, 1.807) is 0 Å². The summed E-state index contributed by atoms with van der Waals surface area (Å²) in [6, 6.07) is -0.603. The topological polar surface area (TPSA) is 101 Å². The monoisotopic (exact) mass is 307 g/mol. The van der Waals surface area contributed by atoms with Crippen molar-refractivity contribution < 1.29 is 18.3 Å². The third kappa shape index (κ3) is 3.26. The van der Waals surface area contributed by atoms with Gasteiger partial charge in [0.25, 0.3) is 10.0 Å². The number of carboxylic acids is 1. The van der Waals surface area contributed by atoms with Crippen LogP contribution in [0.2, 0.25) is 5.02 Å². The molecule has 1 aromatic rings. The molecule has 0 radical (unpaired) electrons. The molecule has 2 rings (SSSR count). The summed E-state index contributed by atoms with van der Waals surface area (Å²) in [6.45, 7) is 0. The van der Waals surface area contributed by atoms with E-state index < -0.39 is 22.0 Å². The van der Waals surface area contributed by atoms with Gasteiger partial charge in [0.1, 0.15) is 0 Å². The molecule has 1 aromatic heterocycles. The second-order valence-corrected chi connectivity index (χ2v) is 6.62. The van der Waals surface area contributed by atoms with E-state index in [2.05, 4.69) is 9.82 Å². The van der Waals surface area contributed by atoms with Crippen LogP contribution in [0.15, 0.2) is 11.2 Å². The van der Waals surface area contributed by atoms with Crippen LogP contribution in [0.5, 0.6) is 0 Å². The second-order valence-electron chi connectivity index (χ2n) is 4.58. The molecule has 1 heterocycles. The molecular formula is C10H14ClN3O4S. The van der Waals surface area contributed by atoms with E-state index in [0.29, 0.717) is 0 Å². The van der Waals surface area contributed by atoms with Crippen LogP contribution in [-0.4, -0.2) is 35.3 Å². The molecule has 2 N–H and O–H groups in total. The molecule has 0 aliphatic heterocycles. The number of sulfonamides is 1. The van der Waals surface area contributed by atoms with Gasteiger partial charge in [-0.15, -0.1) is 0 Å². The molecule has 7 nitrogen and oxygen atoms in total. The Labute approximate surface area is 115 Å². The average Bonchev–Trinajstić information content (AvgIpc) is 3.03. The van der Waals surface area contributed by atoms with E-state index in [9.17, 15) is 13.2 Å². The van der Waals surface area contributed by atoms with Gasteiger partial charge in [0.15, 0.2) is 5.03 Å². The Hall–Kier alpha value is -1.12. The highest BCUT2D eigenvalue weighted by Gasteiger charge is 2.37. The molecule has 9 heteroatoms. The van der Waals surface area contributed by atoms with E-state index in [1.165, 1.54) is 13.2 Å². The summed E-state index contributed by atoms with van der Waals surface area (Å²) in [6.07, 6.45) is 2.66. The van der Waals surface area contributed by atoms with Crippen LogP contribution in [-0.2, 0) is 21.9 Å². The normalized spacial score (nSPS) is 17.4. The molecule has 106 valence electrons. The van der Waals surface area contributed by atoms with Gasteiger partial charge < -0.3 is 5.11 Å². The standard InChI is InChI=1S/C10H14ClN3O4S/c1-14-10(7(11)5-12-14)19(17,18)13-8(4-9(15)16)6-2-3-6/h5-6,8,13H,2-4H2,1H3,(H,15,16). The van der Waals surface area contributed by atoms with Crippen molar-refractivity contribution in [2.75, 3.05) is 0 Å².